The molecule has 11 aromatic rings. The smallest absolute Gasteiger partial charge is 0.143 e. The van der Waals surface area contributed by atoms with Gasteiger partial charge in [-0.3, -0.25) is 0 Å². The van der Waals surface area contributed by atoms with Crippen molar-refractivity contribution in [3.8, 4) is 22.3 Å². The van der Waals surface area contributed by atoms with Gasteiger partial charge in [0.25, 0.3) is 0 Å². The molecular weight excluding hydrogens is 655 g/mol. The largest absolute Gasteiger partial charge is 0.455 e. The highest BCUT2D eigenvalue weighted by atomic mass is 32.1. The number of fused-ring (bicyclic) bond motifs is 9. The van der Waals surface area contributed by atoms with Crippen molar-refractivity contribution in [3.63, 3.8) is 0 Å². The molecule has 0 saturated carbocycles. The summed E-state index contributed by atoms with van der Waals surface area (Å²) < 4.78 is 75.6. The number of nitrogens with zero attached hydrogens (tertiary/aromatic N) is 1. The zero-order valence-corrected chi connectivity index (χ0v) is 28.2. The van der Waals surface area contributed by atoms with E-state index < -0.39 is 6.04 Å². The van der Waals surface area contributed by atoms with Crippen LogP contribution in [0, 0.1) is 0 Å². The highest BCUT2D eigenvalue weighted by Crippen LogP contribution is 2.43. The minimum atomic E-state index is -0.415. The van der Waals surface area contributed by atoms with Crippen molar-refractivity contribution < 1.29 is 18.4 Å². The van der Waals surface area contributed by atoms with E-state index in [1.165, 1.54) is 0 Å². The van der Waals surface area contributed by atoms with Crippen molar-refractivity contribution in [2.45, 2.75) is 0 Å². The molecule has 0 spiro atoms. The number of hydrogen-bond acceptors (Lipinski definition) is 4. The number of thiophene rings is 1. The van der Waals surface area contributed by atoms with Crippen molar-refractivity contribution in [1.29, 1.82) is 0 Å². The fraction of sp³-hybridized carbons (Fsp3) is 0. The third-order valence-corrected chi connectivity index (χ3v) is 10.8. The van der Waals surface area contributed by atoms with E-state index in [4.69, 9.17) is 14.3 Å². The van der Waals surface area contributed by atoms with Gasteiger partial charge < -0.3 is 13.7 Å². The number of furan rings is 2. The van der Waals surface area contributed by atoms with Gasteiger partial charge in [-0.1, -0.05) is 121 Å². The summed E-state index contributed by atoms with van der Waals surface area (Å²) in [6.45, 7) is 0. The molecule has 0 bridgehead atoms. The predicted octanol–water partition coefficient (Wildman–Crippen LogP) is 14.7. The van der Waals surface area contributed by atoms with Gasteiger partial charge in [-0.05, 0) is 65.7 Å². The zero-order valence-electron chi connectivity index (χ0n) is 34.4. The lowest BCUT2D eigenvalue weighted by molar-refractivity contribution is 0.669. The molecule has 0 N–H and O–H groups in total. The standard InChI is InChI=1S/C48H29NO2S/c1-4-16-43-37(9-1)41-14-7-12-35(47(41)50-43)30-19-23-32(24-20-30)49(34-27-28-40-39-11-3-6-18-45(39)52-46(40)29-34)33-25-21-31(22-26-33)36-13-8-15-42-38-10-2-5-17-44(38)51-48(36)42/h1-29H/i3D,6D,11D,18D,27D,28D,29D. The second-order valence-corrected chi connectivity index (χ2v) is 13.7. The molecule has 0 amide bonds. The summed E-state index contributed by atoms with van der Waals surface area (Å²) in [6, 6.07) is 42.0. The van der Waals surface area contributed by atoms with Crippen LogP contribution in [-0.2, 0) is 0 Å². The second kappa shape index (κ2) is 11.5. The number of hydrogen-bond donors (Lipinski definition) is 0. The Morgan fingerprint density at radius 1 is 0.423 bits per heavy atom. The molecule has 11 rings (SSSR count). The highest BCUT2D eigenvalue weighted by molar-refractivity contribution is 7.25. The Hall–Kier alpha value is -6.62. The quantitative estimate of drug-likeness (QED) is 0.180. The molecule has 52 heavy (non-hydrogen) atoms. The Morgan fingerprint density at radius 2 is 0.942 bits per heavy atom. The summed E-state index contributed by atoms with van der Waals surface area (Å²) in [5.74, 6) is 0. The van der Waals surface area contributed by atoms with Gasteiger partial charge in [-0.25, -0.2) is 0 Å². The maximum Gasteiger partial charge on any atom is 0.143 e. The molecule has 0 radical (unpaired) electrons. The fourth-order valence-corrected chi connectivity index (χ4v) is 8.30. The molecule has 4 heteroatoms. The van der Waals surface area contributed by atoms with Crippen LogP contribution < -0.4 is 4.90 Å². The van der Waals surface area contributed by atoms with Crippen molar-refractivity contribution in [2.75, 3.05) is 4.90 Å². The summed E-state index contributed by atoms with van der Waals surface area (Å²) >= 11 is 1.05. The van der Waals surface area contributed by atoms with Crippen LogP contribution in [0.5, 0.6) is 0 Å². The number of anilines is 3. The van der Waals surface area contributed by atoms with Gasteiger partial charge >= 0.3 is 0 Å². The first-order valence-electron chi connectivity index (χ1n) is 20.4. The fourth-order valence-electron chi connectivity index (χ4n) is 7.34. The lowest BCUT2D eigenvalue weighted by Gasteiger charge is -2.26. The van der Waals surface area contributed by atoms with Crippen molar-refractivity contribution in [2.24, 2.45) is 0 Å². The average molecular weight is 691 g/mol. The van der Waals surface area contributed by atoms with Gasteiger partial charge in [-0.15, -0.1) is 11.3 Å². The lowest BCUT2D eigenvalue weighted by atomic mass is 10.0. The number of benzene rings is 8. The lowest BCUT2D eigenvalue weighted by Crippen LogP contribution is -2.09. The topological polar surface area (TPSA) is 29.5 Å². The number of para-hydroxylation sites is 4. The molecule has 3 nitrogen and oxygen atoms in total. The van der Waals surface area contributed by atoms with E-state index in [0.29, 0.717) is 16.1 Å². The van der Waals surface area contributed by atoms with Crippen LogP contribution in [0.15, 0.2) is 185 Å². The molecule has 244 valence electrons. The van der Waals surface area contributed by atoms with Gasteiger partial charge in [0.05, 0.1) is 9.60 Å². The predicted molar refractivity (Wildman–Crippen MR) is 219 cm³/mol. The Balaban J connectivity index is 1.10. The van der Waals surface area contributed by atoms with Gasteiger partial charge in [0.15, 0.2) is 0 Å². The molecule has 0 atom stereocenters. The normalized spacial score (nSPS) is 13.7. The highest BCUT2D eigenvalue weighted by Gasteiger charge is 2.18. The maximum absolute atomic E-state index is 9.65. The number of rotatable bonds is 5. The minimum Gasteiger partial charge on any atom is -0.455 e. The molecule has 3 aromatic heterocycles. The molecule has 0 unspecified atom stereocenters. The van der Waals surface area contributed by atoms with Gasteiger partial charge in [0.1, 0.15) is 22.3 Å². The van der Waals surface area contributed by atoms with Gasteiger partial charge in [0, 0.05) is 69.9 Å². The van der Waals surface area contributed by atoms with E-state index in [1.807, 2.05) is 121 Å². The van der Waals surface area contributed by atoms with Crippen LogP contribution in [0.2, 0.25) is 0 Å². The van der Waals surface area contributed by atoms with Gasteiger partial charge in [-0.2, -0.15) is 0 Å². The monoisotopic (exact) mass is 690 g/mol. The summed E-state index contributed by atoms with van der Waals surface area (Å²) in [4.78, 5) is 1.80. The SMILES string of the molecule is [2H]c1c([2H])c([2H])c2c(sc3c([2H])c(N(c4ccc(-c5cccc6c5oc5ccccc56)cc4)c4ccc(-c5cccc6c5oc5ccccc56)cc4)c([2H])c([2H])c32)c1[2H]. The van der Waals surface area contributed by atoms with E-state index in [-0.39, 0.29) is 57.4 Å². The molecule has 0 aliphatic rings. The van der Waals surface area contributed by atoms with E-state index in [2.05, 4.69) is 12.1 Å². The van der Waals surface area contributed by atoms with Crippen LogP contribution >= 0.6 is 11.3 Å². The first kappa shape index (κ1) is 23.0. The van der Waals surface area contributed by atoms with Crippen molar-refractivity contribution in [3.05, 3.63) is 176 Å². The van der Waals surface area contributed by atoms with E-state index >= 15 is 0 Å². The van der Waals surface area contributed by atoms with Crippen molar-refractivity contribution in [1.82, 2.24) is 0 Å². The molecule has 8 aromatic carbocycles. The molecular formula is C48H29NO2S. The summed E-state index contributed by atoms with van der Waals surface area (Å²) in [5, 5.41) is 4.44. The van der Waals surface area contributed by atoms with Crippen LogP contribution in [0.25, 0.3) is 86.3 Å². The van der Waals surface area contributed by atoms with E-state index in [9.17, 15) is 4.11 Å². The Kier molecular flexibility index (Phi) is 5.06. The molecule has 0 fully saturated rings. The molecule has 0 aliphatic heterocycles. The van der Waals surface area contributed by atoms with E-state index in [0.717, 1.165) is 77.5 Å². The summed E-state index contributed by atoms with van der Waals surface area (Å²) in [7, 11) is 0. The average Bonchev–Trinajstić information content (AvgIpc) is 3.98. The Bertz CT molecular complexity index is 3380. The van der Waals surface area contributed by atoms with Crippen LogP contribution in [0.1, 0.15) is 9.60 Å². The minimum absolute atomic E-state index is 0.0497. The van der Waals surface area contributed by atoms with E-state index in [1.54, 1.807) is 4.90 Å². The van der Waals surface area contributed by atoms with Crippen LogP contribution in [0.3, 0.4) is 0 Å². The Morgan fingerprint density at radius 3 is 1.54 bits per heavy atom. The summed E-state index contributed by atoms with van der Waals surface area (Å²) in [6.07, 6.45) is 0. The van der Waals surface area contributed by atoms with Crippen molar-refractivity contribution >= 4 is 92.4 Å². The second-order valence-electron chi connectivity index (χ2n) is 12.7. The first-order chi connectivity index (χ1) is 28.7. The molecule has 3 heterocycles. The van der Waals surface area contributed by atoms with Crippen LogP contribution in [-0.4, -0.2) is 0 Å². The first-order valence-corrected chi connectivity index (χ1v) is 17.7. The Labute approximate surface area is 313 Å². The van der Waals surface area contributed by atoms with Gasteiger partial charge in [0.2, 0.25) is 0 Å². The van der Waals surface area contributed by atoms with Crippen LogP contribution in [0.4, 0.5) is 17.1 Å². The molecule has 0 aliphatic carbocycles. The molecule has 0 saturated heterocycles. The zero-order chi connectivity index (χ0) is 40.3. The third-order valence-electron chi connectivity index (χ3n) is 9.78. The maximum atomic E-state index is 9.65. The summed E-state index contributed by atoms with van der Waals surface area (Å²) in [5.41, 5.74) is 8.27. The third kappa shape index (κ3) is 4.51.